The quantitative estimate of drug-likeness (QED) is 0.122. The number of aliphatic hydroxyl groups excluding tert-OH is 1. The van der Waals surface area contributed by atoms with Crippen molar-refractivity contribution in [1.82, 2.24) is 14.3 Å². The van der Waals surface area contributed by atoms with Gasteiger partial charge >= 0.3 is 5.51 Å². The van der Waals surface area contributed by atoms with Crippen LogP contribution in [-0.2, 0) is 17.5 Å². The average Bonchev–Trinajstić information content (AvgIpc) is 3.44. The highest BCUT2D eigenvalue weighted by molar-refractivity contribution is 7.84. The Kier molecular flexibility index (Phi) is 13.8. The lowest BCUT2D eigenvalue weighted by atomic mass is 10.1. The van der Waals surface area contributed by atoms with E-state index in [-0.39, 0.29) is 5.70 Å². The lowest BCUT2D eigenvalue weighted by Crippen LogP contribution is -2.29. The molecule has 0 spiro atoms. The van der Waals surface area contributed by atoms with Crippen LogP contribution in [0.2, 0.25) is 10.0 Å². The Labute approximate surface area is 277 Å². The second-order valence-electron chi connectivity index (χ2n) is 9.39. The molecule has 12 heteroatoms. The molecule has 0 bridgehead atoms. The Morgan fingerprint density at radius 2 is 1.59 bits per heavy atom. The molecule has 4 aromatic rings. The first kappa shape index (κ1) is 36.3. The van der Waals surface area contributed by atoms with Gasteiger partial charge in [-0.05, 0) is 60.0 Å². The topological polar surface area (TPSA) is 84.2 Å². The third kappa shape index (κ3) is 10.7. The van der Waals surface area contributed by atoms with E-state index in [4.69, 9.17) is 33.3 Å². The smallest absolute Gasteiger partial charge is 0.400 e. The summed E-state index contributed by atoms with van der Waals surface area (Å²) in [5.41, 5.74) is -0.285. The predicted octanol–water partition coefficient (Wildman–Crippen LogP) is 8.74. The van der Waals surface area contributed by atoms with E-state index in [1.807, 2.05) is 70.1 Å². The molecule has 2 N–H and O–H groups in total. The molecule has 3 aromatic carbocycles. The highest BCUT2D eigenvalue weighted by Crippen LogP contribution is 2.30. The molecule has 1 unspecified atom stereocenters. The van der Waals surface area contributed by atoms with Gasteiger partial charge in [0.05, 0.1) is 10.7 Å². The van der Waals surface area contributed by atoms with Gasteiger partial charge in [-0.3, -0.25) is 9.52 Å². The largest absolute Gasteiger partial charge is 0.490 e. The fourth-order valence-corrected chi connectivity index (χ4v) is 4.95. The van der Waals surface area contributed by atoms with Crippen molar-refractivity contribution in [3.05, 3.63) is 141 Å². The molecule has 46 heavy (non-hydrogen) atoms. The van der Waals surface area contributed by atoms with Crippen molar-refractivity contribution >= 4 is 58.7 Å². The summed E-state index contributed by atoms with van der Waals surface area (Å²) in [5, 5.41) is 7.99. The summed E-state index contributed by atoms with van der Waals surface area (Å²) in [5.74, 6) is 0.664. The van der Waals surface area contributed by atoms with Crippen LogP contribution in [0.1, 0.15) is 39.8 Å². The molecule has 0 saturated heterocycles. The lowest BCUT2D eigenvalue weighted by molar-refractivity contribution is -0.0391. The zero-order valence-electron chi connectivity index (χ0n) is 24.7. The van der Waals surface area contributed by atoms with Crippen molar-refractivity contribution in [3.63, 3.8) is 0 Å². The molecule has 0 amide bonds. The second kappa shape index (κ2) is 17.5. The Hall–Kier alpha value is -4.22. The van der Waals surface area contributed by atoms with Crippen LogP contribution < -0.4 is 4.72 Å². The Morgan fingerprint density at radius 1 is 0.957 bits per heavy atom. The third-order valence-corrected chi connectivity index (χ3v) is 7.58. The maximum absolute atomic E-state index is 12.7. The second-order valence-corrected chi connectivity index (χ2v) is 11.4. The van der Waals surface area contributed by atoms with Crippen LogP contribution in [0, 0.1) is 0 Å². The van der Waals surface area contributed by atoms with Crippen LogP contribution in [-0.4, -0.2) is 37.8 Å². The van der Waals surface area contributed by atoms with Gasteiger partial charge in [-0.25, -0.2) is 9.19 Å². The molecule has 1 aromatic heterocycles. The SMILES string of the molecule is CO.C\C=C/C=C(\C=C\c1ccc(/C=C/c2nc(-c3ccc(Cl)cc3Cl)cn2Cc2ccc(C=O)cc2)cc1)NS(=O)C(F)(F)F. The summed E-state index contributed by atoms with van der Waals surface area (Å²) in [4.78, 5) is 15.9. The molecule has 1 atom stereocenters. The summed E-state index contributed by atoms with van der Waals surface area (Å²) >= 11 is 12.5. The minimum absolute atomic E-state index is 0.0481. The molecule has 0 aliphatic heterocycles. The van der Waals surface area contributed by atoms with Crippen molar-refractivity contribution < 1.29 is 27.3 Å². The number of alkyl halides is 3. The minimum Gasteiger partial charge on any atom is -0.400 e. The summed E-state index contributed by atoms with van der Waals surface area (Å²) < 4.78 is 53.7. The van der Waals surface area contributed by atoms with Crippen LogP contribution in [0.4, 0.5) is 13.2 Å². The number of nitrogens with zero attached hydrogens (tertiary/aromatic N) is 2. The molecule has 240 valence electrons. The van der Waals surface area contributed by atoms with E-state index >= 15 is 0 Å². The highest BCUT2D eigenvalue weighted by Gasteiger charge is 2.37. The van der Waals surface area contributed by atoms with E-state index in [0.29, 0.717) is 33.7 Å². The number of nitrogens with one attached hydrogen (secondary N) is 1. The maximum Gasteiger partial charge on any atom is 0.490 e. The van der Waals surface area contributed by atoms with Crippen LogP contribution in [0.25, 0.3) is 29.5 Å². The molecule has 0 aliphatic carbocycles. The zero-order chi connectivity index (χ0) is 33.7. The number of aliphatic hydroxyl groups is 1. The molecule has 4 rings (SSSR count). The maximum atomic E-state index is 12.7. The number of imidazole rings is 1. The van der Waals surface area contributed by atoms with Gasteiger partial charge in [0.1, 0.15) is 12.1 Å². The highest BCUT2D eigenvalue weighted by atomic mass is 35.5. The fraction of sp³-hybridized carbons (Fsp3) is 0.118. The number of carbonyl (C=O) groups excluding carboxylic acids is 1. The van der Waals surface area contributed by atoms with Gasteiger partial charge in [0.2, 0.25) is 11.0 Å². The number of allylic oxidation sites excluding steroid dienone is 4. The van der Waals surface area contributed by atoms with E-state index < -0.39 is 16.5 Å². The molecular formula is C34H30Cl2F3N3O3S. The van der Waals surface area contributed by atoms with Gasteiger partial charge in [-0.2, -0.15) is 13.2 Å². The number of hydrogen-bond acceptors (Lipinski definition) is 4. The van der Waals surface area contributed by atoms with Crippen molar-refractivity contribution in [1.29, 1.82) is 0 Å². The average molecular weight is 689 g/mol. The van der Waals surface area contributed by atoms with E-state index in [2.05, 4.69) is 0 Å². The van der Waals surface area contributed by atoms with Gasteiger partial charge in [0.25, 0.3) is 0 Å². The molecule has 1 heterocycles. The normalized spacial score (nSPS) is 12.8. The van der Waals surface area contributed by atoms with Gasteiger partial charge in [0, 0.05) is 41.7 Å². The molecule has 0 saturated carbocycles. The van der Waals surface area contributed by atoms with E-state index in [0.717, 1.165) is 35.6 Å². The molecular weight excluding hydrogens is 658 g/mol. The van der Waals surface area contributed by atoms with Crippen LogP contribution in [0.15, 0.2) is 103 Å². The van der Waals surface area contributed by atoms with E-state index in [9.17, 15) is 22.2 Å². The van der Waals surface area contributed by atoms with Crippen molar-refractivity contribution in [2.45, 2.75) is 19.0 Å². The van der Waals surface area contributed by atoms with Gasteiger partial charge < -0.3 is 9.67 Å². The molecule has 6 nitrogen and oxygen atoms in total. The predicted molar refractivity (Wildman–Crippen MR) is 181 cm³/mol. The van der Waals surface area contributed by atoms with E-state index in [1.54, 1.807) is 49.4 Å². The first-order chi connectivity index (χ1) is 22.0. The Balaban J connectivity index is 0.00000282. The van der Waals surface area contributed by atoms with Crippen molar-refractivity contribution in [3.8, 4) is 11.3 Å². The van der Waals surface area contributed by atoms with E-state index in [1.165, 1.54) is 12.2 Å². The Bertz CT molecular complexity index is 1760. The number of halogens is 5. The number of hydrogen-bond donors (Lipinski definition) is 2. The minimum atomic E-state index is -4.88. The first-order valence-corrected chi connectivity index (χ1v) is 15.5. The Morgan fingerprint density at radius 3 is 2.17 bits per heavy atom. The van der Waals surface area contributed by atoms with Crippen LogP contribution in [0.5, 0.6) is 0 Å². The van der Waals surface area contributed by atoms with Crippen LogP contribution >= 0.6 is 23.2 Å². The number of rotatable bonds is 11. The number of carbonyl (C=O) groups is 1. The number of aromatic nitrogens is 2. The fourth-order valence-electron chi connectivity index (χ4n) is 3.98. The number of aldehydes is 1. The summed E-state index contributed by atoms with van der Waals surface area (Å²) in [6, 6.07) is 19.8. The van der Waals surface area contributed by atoms with Crippen molar-refractivity contribution in [2.75, 3.05) is 7.11 Å². The molecule has 0 radical (unpaired) electrons. The molecule has 0 aliphatic rings. The van der Waals surface area contributed by atoms with Crippen molar-refractivity contribution in [2.24, 2.45) is 0 Å². The molecule has 0 fully saturated rings. The third-order valence-electron chi connectivity index (χ3n) is 6.19. The summed E-state index contributed by atoms with van der Waals surface area (Å²) in [6.07, 6.45) is 14.1. The van der Waals surface area contributed by atoms with Gasteiger partial charge in [-0.15, -0.1) is 0 Å². The van der Waals surface area contributed by atoms with Crippen LogP contribution in [0.3, 0.4) is 0 Å². The van der Waals surface area contributed by atoms with Gasteiger partial charge in [-0.1, -0.05) is 96.0 Å². The first-order valence-electron chi connectivity index (χ1n) is 13.6. The summed E-state index contributed by atoms with van der Waals surface area (Å²) in [6.45, 7) is 2.22. The number of benzene rings is 3. The standard InChI is InChI=1S/C33H26Cl2F3N3O2S.CH4O/c1-2-3-4-28(40-44(43)33(36,37)38)16-13-23-5-7-24(8-6-23)14-18-32-39-31(29-17-15-27(34)19-30(29)35)21-41(32)20-25-9-11-26(22-42)12-10-25;1-2/h2-19,21-22,40H,20H2,1H3;2H,1H3/b3-2-,16-13+,18-14+,28-4+;. The lowest BCUT2D eigenvalue weighted by Gasteiger charge is -2.09. The monoisotopic (exact) mass is 687 g/mol. The zero-order valence-corrected chi connectivity index (χ0v) is 27.0. The van der Waals surface area contributed by atoms with Gasteiger partial charge in [0.15, 0.2) is 0 Å². The summed E-state index contributed by atoms with van der Waals surface area (Å²) in [7, 11) is -2.23.